The Labute approximate surface area is 183 Å². The van der Waals surface area contributed by atoms with Crippen molar-refractivity contribution >= 4 is 45.4 Å². The van der Waals surface area contributed by atoms with Crippen LogP contribution in [-0.4, -0.2) is 28.0 Å². The molecule has 0 atom stereocenters. The first-order valence-corrected chi connectivity index (χ1v) is 10.8. The first kappa shape index (κ1) is 19.9. The third kappa shape index (κ3) is 5.58. The Morgan fingerprint density at radius 1 is 0.862 bits per heavy atom. The molecule has 0 amide bonds. The maximum atomic E-state index is 5.97. The molecule has 6 nitrogen and oxygen atoms in total. The molecule has 1 aliphatic heterocycles. The van der Waals surface area contributed by atoms with Crippen molar-refractivity contribution in [3.05, 3.63) is 69.2 Å². The molecule has 0 aliphatic carbocycles. The minimum atomic E-state index is 0.564. The molecule has 150 valence electrons. The SMILES string of the molecule is Clc1ccc(CNc2nc(NCc3cccc(Br)c3)nc(N3CCCC3)n2)cc1. The highest BCUT2D eigenvalue weighted by Gasteiger charge is 2.17. The topological polar surface area (TPSA) is 66.0 Å². The van der Waals surface area contributed by atoms with E-state index in [1.54, 1.807) is 0 Å². The summed E-state index contributed by atoms with van der Waals surface area (Å²) >= 11 is 9.48. The van der Waals surface area contributed by atoms with Crippen molar-refractivity contribution in [2.24, 2.45) is 0 Å². The van der Waals surface area contributed by atoms with E-state index >= 15 is 0 Å². The third-order valence-electron chi connectivity index (χ3n) is 4.72. The molecule has 0 unspecified atom stereocenters. The Morgan fingerprint density at radius 2 is 1.52 bits per heavy atom. The van der Waals surface area contributed by atoms with E-state index in [-0.39, 0.29) is 0 Å². The molecule has 4 rings (SSSR count). The van der Waals surface area contributed by atoms with Gasteiger partial charge in [0.1, 0.15) is 0 Å². The van der Waals surface area contributed by atoms with Crippen LogP contribution in [-0.2, 0) is 13.1 Å². The van der Waals surface area contributed by atoms with Gasteiger partial charge >= 0.3 is 0 Å². The zero-order chi connectivity index (χ0) is 20.1. The van der Waals surface area contributed by atoms with E-state index in [1.165, 1.54) is 12.8 Å². The van der Waals surface area contributed by atoms with Crippen LogP contribution in [0.15, 0.2) is 53.0 Å². The fourth-order valence-corrected chi connectivity index (χ4v) is 3.77. The molecule has 2 heterocycles. The van der Waals surface area contributed by atoms with Crippen molar-refractivity contribution in [2.45, 2.75) is 25.9 Å². The summed E-state index contributed by atoms with van der Waals surface area (Å²) < 4.78 is 1.05. The van der Waals surface area contributed by atoms with Crippen molar-refractivity contribution in [3.63, 3.8) is 0 Å². The highest BCUT2D eigenvalue weighted by molar-refractivity contribution is 9.10. The number of nitrogens with one attached hydrogen (secondary N) is 2. The normalized spacial score (nSPS) is 13.5. The van der Waals surface area contributed by atoms with E-state index in [1.807, 2.05) is 36.4 Å². The summed E-state index contributed by atoms with van der Waals surface area (Å²) in [5, 5.41) is 7.37. The number of aromatic nitrogens is 3. The molecule has 3 aromatic rings. The minimum Gasteiger partial charge on any atom is -0.350 e. The van der Waals surface area contributed by atoms with Gasteiger partial charge < -0.3 is 15.5 Å². The van der Waals surface area contributed by atoms with E-state index in [9.17, 15) is 0 Å². The molecular weight excluding hydrogens is 452 g/mol. The van der Waals surface area contributed by atoms with Gasteiger partial charge in [0.15, 0.2) is 0 Å². The van der Waals surface area contributed by atoms with Gasteiger partial charge in [-0.25, -0.2) is 0 Å². The lowest BCUT2D eigenvalue weighted by Crippen LogP contribution is -2.22. The van der Waals surface area contributed by atoms with Crippen LogP contribution in [0.1, 0.15) is 24.0 Å². The fourth-order valence-electron chi connectivity index (χ4n) is 3.19. The quantitative estimate of drug-likeness (QED) is 0.497. The van der Waals surface area contributed by atoms with E-state index in [2.05, 4.69) is 58.5 Å². The van der Waals surface area contributed by atoms with Crippen molar-refractivity contribution in [2.75, 3.05) is 28.6 Å². The van der Waals surface area contributed by atoms with Gasteiger partial charge in [-0.15, -0.1) is 0 Å². The van der Waals surface area contributed by atoms with Gasteiger partial charge in [-0.3, -0.25) is 0 Å². The molecule has 0 radical (unpaired) electrons. The lowest BCUT2D eigenvalue weighted by atomic mass is 10.2. The van der Waals surface area contributed by atoms with E-state index in [0.29, 0.717) is 30.9 Å². The lowest BCUT2D eigenvalue weighted by Gasteiger charge is -2.17. The fraction of sp³-hybridized carbons (Fsp3) is 0.286. The Kier molecular flexibility index (Phi) is 6.46. The van der Waals surface area contributed by atoms with Crippen molar-refractivity contribution < 1.29 is 0 Å². The highest BCUT2D eigenvalue weighted by atomic mass is 79.9. The summed E-state index contributed by atoms with van der Waals surface area (Å²) in [5.74, 6) is 1.85. The first-order chi connectivity index (χ1) is 14.2. The standard InChI is InChI=1S/C21H22BrClN6/c22-17-5-3-4-16(12-17)14-25-20-26-19(24-13-15-6-8-18(23)9-7-15)27-21(28-20)29-10-1-2-11-29/h3-9,12H,1-2,10-11,13-14H2,(H2,24,25,26,27,28). The summed E-state index contributed by atoms with van der Waals surface area (Å²) in [4.78, 5) is 16.1. The van der Waals surface area contributed by atoms with Crippen LogP contribution in [0.2, 0.25) is 5.02 Å². The molecular formula is C21H22BrClN6. The van der Waals surface area contributed by atoms with Gasteiger partial charge in [-0.2, -0.15) is 15.0 Å². The van der Waals surface area contributed by atoms with E-state index in [0.717, 1.165) is 33.7 Å². The Balaban J connectivity index is 1.50. The monoisotopic (exact) mass is 472 g/mol. The third-order valence-corrected chi connectivity index (χ3v) is 5.46. The molecule has 1 saturated heterocycles. The molecule has 1 fully saturated rings. The van der Waals surface area contributed by atoms with Gasteiger partial charge in [-0.1, -0.05) is 51.8 Å². The Hall–Kier alpha value is -2.38. The number of rotatable bonds is 7. The second kappa shape index (κ2) is 9.41. The second-order valence-corrected chi connectivity index (χ2v) is 8.29. The molecule has 29 heavy (non-hydrogen) atoms. The molecule has 8 heteroatoms. The van der Waals surface area contributed by atoms with Crippen LogP contribution >= 0.6 is 27.5 Å². The summed E-state index contributed by atoms with van der Waals surface area (Å²) in [5.41, 5.74) is 2.26. The lowest BCUT2D eigenvalue weighted by molar-refractivity contribution is 0.873. The maximum Gasteiger partial charge on any atom is 0.231 e. The van der Waals surface area contributed by atoms with Crippen LogP contribution in [0.3, 0.4) is 0 Å². The average molecular weight is 474 g/mol. The predicted octanol–water partition coefficient (Wildman–Crippen LogP) is 5.11. The number of nitrogens with zero attached hydrogens (tertiary/aromatic N) is 4. The van der Waals surface area contributed by atoms with Gasteiger partial charge in [0.2, 0.25) is 17.8 Å². The summed E-state index contributed by atoms with van der Waals surface area (Å²) in [6.07, 6.45) is 2.33. The Morgan fingerprint density at radius 3 is 2.17 bits per heavy atom. The summed E-state index contributed by atoms with van der Waals surface area (Å²) in [7, 11) is 0. The van der Waals surface area contributed by atoms with Crippen LogP contribution in [0.25, 0.3) is 0 Å². The van der Waals surface area contributed by atoms with Crippen LogP contribution in [0, 0.1) is 0 Å². The van der Waals surface area contributed by atoms with Crippen LogP contribution < -0.4 is 15.5 Å². The molecule has 0 bridgehead atoms. The molecule has 2 aromatic carbocycles. The van der Waals surface area contributed by atoms with Gasteiger partial charge in [-0.05, 0) is 48.2 Å². The molecule has 0 spiro atoms. The molecule has 2 N–H and O–H groups in total. The van der Waals surface area contributed by atoms with Crippen LogP contribution in [0.4, 0.5) is 17.8 Å². The zero-order valence-corrected chi connectivity index (χ0v) is 18.2. The number of hydrogen-bond donors (Lipinski definition) is 2. The largest absolute Gasteiger partial charge is 0.350 e. The number of anilines is 3. The average Bonchev–Trinajstić information content (AvgIpc) is 3.27. The van der Waals surface area contributed by atoms with E-state index in [4.69, 9.17) is 11.6 Å². The number of benzene rings is 2. The smallest absolute Gasteiger partial charge is 0.231 e. The van der Waals surface area contributed by atoms with Gasteiger partial charge in [0.05, 0.1) is 0 Å². The molecule has 0 saturated carbocycles. The van der Waals surface area contributed by atoms with Gasteiger partial charge in [0.25, 0.3) is 0 Å². The van der Waals surface area contributed by atoms with Gasteiger partial charge in [0, 0.05) is 35.7 Å². The Bertz CT molecular complexity index is 960. The van der Waals surface area contributed by atoms with Crippen molar-refractivity contribution in [1.29, 1.82) is 0 Å². The maximum absolute atomic E-state index is 5.97. The summed E-state index contributed by atoms with van der Waals surface area (Å²) in [6, 6.07) is 15.9. The summed E-state index contributed by atoms with van der Waals surface area (Å²) in [6.45, 7) is 3.21. The van der Waals surface area contributed by atoms with Crippen LogP contribution in [0.5, 0.6) is 0 Å². The molecule has 1 aromatic heterocycles. The highest BCUT2D eigenvalue weighted by Crippen LogP contribution is 2.20. The van der Waals surface area contributed by atoms with E-state index < -0.39 is 0 Å². The zero-order valence-electron chi connectivity index (χ0n) is 15.9. The predicted molar refractivity (Wildman–Crippen MR) is 122 cm³/mol. The second-order valence-electron chi connectivity index (χ2n) is 6.94. The number of halogens is 2. The number of hydrogen-bond acceptors (Lipinski definition) is 6. The van der Waals surface area contributed by atoms with Crippen molar-refractivity contribution in [3.8, 4) is 0 Å². The molecule has 1 aliphatic rings. The minimum absolute atomic E-state index is 0.564. The first-order valence-electron chi connectivity index (χ1n) is 9.63. The van der Waals surface area contributed by atoms with Crippen molar-refractivity contribution in [1.82, 2.24) is 15.0 Å².